The van der Waals surface area contributed by atoms with Crippen molar-refractivity contribution < 1.29 is 4.74 Å². The molecule has 0 heterocycles. The fraction of sp³-hybridized carbons (Fsp3) is 0.278. The van der Waals surface area contributed by atoms with Crippen LogP contribution in [0.25, 0.3) is 0 Å². The maximum absolute atomic E-state index is 9.38. The van der Waals surface area contributed by atoms with Crippen LogP contribution in [0.4, 0.5) is 0 Å². The molecule has 0 saturated heterocycles. The minimum absolute atomic E-state index is 0.498. The van der Waals surface area contributed by atoms with Crippen LogP contribution in [0.3, 0.4) is 0 Å². The minimum atomic E-state index is 0.498. The van der Waals surface area contributed by atoms with Gasteiger partial charge in [-0.25, -0.2) is 0 Å². The van der Waals surface area contributed by atoms with Gasteiger partial charge in [0.15, 0.2) is 0 Å². The summed E-state index contributed by atoms with van der Waals surface area (Å²) in [7, 11) is 0. The predicted octanol–water partition coefficient (Wildman–Crippen LogP) is 5.59. The van der Waals surface area contributed by atoms with Gasteiger partial charge in [-0.2, -0.15) is 5.26 Å². The lowest BCUT2D eigenvalue weighted by molar-refractivity contribution is 0.479. The number of thioether (sulfide) groups is 1. The smallest absolute Gasteiger partial charge is 0.146 e. The van der Waals surface area contributed by atoms with Gasteiger partial charge in [-0.3, -0.25) is 0 Å². The number of hydrogen-bond acceptors (Lipinski definition) is 3. The van der Waals surface area contributed by atoms with Crippen LogP contribution < -0.4 is 4.74 Å². The summed E-state index contributed by atoms with van der Waals surface area (Å²) in [5.41, 5.74) is 1.88. The van der Waals surface area contributed by atoms with Crippen molar-refractivity contribution in [2.75, 3.05) is 5.75 Å². The zero-order chi connectivity index (χ0) is 15.2. The van der Waals surface area contributed by atoms with E-state index in [1.807, 2.05) is 30.3 Å². The van der Waals surface area contributed by atoms with E-state index in [9.17, 15) is 5.26 Å². The predicted molar refractivity (Wildman–Crippen MR) is 88.2 cm³/mol. The maximum atomic E-state index is 9.38. The lowest BCUT2D eigenvalue weighted by Crippen LogP contribution is -1.92. The average Bonchev–Trinajstić information content (AvgIpc) is 2.48. The molecule has 0 aliphatic carbocycles. The molecular formula is C18H19NOS. The second kappa shape index (κ2) is 7.19. The second-order valence-corrected chi connectivity index (χ2v) is 6.31. The van der Waals surface area contributed by atoms with E-state index in [2.05, 4.69) is 39.0 Å². The number of nitriles is 1. The molecule has 0 radical (unpaired) electrons. The SMILES string of the molecule is CCSc1cccc(Oc2ccc(C(C)C)cc2)c1C#N. The van der Waals surface area contributed by atoms with Gasteiger partial charge in [0.1, 0.15) is 23.1 Å². The molecule has 0 N–H and O–H groups in total. The molecule has 0 bridgehead atoms. The Morgan fingerprint density at radius 2 is 1.86 bits per heavy atom. The van der Waals surface area contributed by atoms with Gasteiger partial charge >= 0.3 is 0 Å². The van der Waals surface area contributed by atoms with Crippen LogP contribution in [0.1, 0.15) is 37.8 Å². The van der Waals surface area contributed by atoms with Gasteiger partial charge in [0.2, 0.25) is 0 Å². The summed E-state index contributed by atoms with van der Waals surface area (Å²) in [6.45, 7) is 6.40. The van der Waals surface area contributed by atoms with E-state index in [4.69, 9.17) is 4.74 Å². The molecule has 0 amide bonds. The van der Waals surface area contributed by atoms with Crippen molar-refractivity contribution in [2.45, 2.75) is 31.6 Å². The summed E-state index contributed by atoms with van der Waals surface area (Å²) in [5.74, 6) is 2.81. The molecule has 2 rings (SSSR count). The Hall–Kier alpha value is -1.92. The molecule has 0 spiro atoms. The van der Waals surface area contributed by atoms with Crippen molar-refractivity contribution in [3.05, 3.63) is 53.6 Å². The third-order valence-electron chi connectivity index (χ3n) is 3.17. The van der Waals surface area contributed by atoms with Crippen LogP contribution >= 0.6 is 11.8 Å². The fourth-order valence-corrected chi connectivity index (χ4v) is 2.81. The van der Waals surface area contributed by atoms with Crippen molar-refractivity contribution in [2.24, 2.45) is 0 Å². The van der Waals surface area contributed by atoms with E-state index in [1.165, 1.54) is 5.56 Å². The van der Waals surface area contributed by atoms with Gasteiger partial charge in [0, 0.05) is 4.90 Å². The van der Waals surface area contributed by atoms with Crippen LogP contribution in [-0.4, -0.2) is 5.75 Å². The summed E-state index contributed by atoms with van der Waals surface area (Å²) in [6, 6.07) is 16.0. The molecule has 0 aromatic heterocycles. The lowest BCUT2D eigenvalue weighted by atomic mass is 10.0. The number of rotatable bonds is 5. The summed E-state index contributed by atoms with van der Waals surface area (Å²) in [4.78, 5) is 0.969. The molecule has 0 atom stereocenters. The fourth-order valence-electron chi connectivity index (χ4n) is 2.03. The number of ether oxygens (including phenoxy) is 1. The van der Waals surface area contributed by atoms with Crippen molar-refractivity contribution in [3.63, 3.8) is 0 Å². The van der Waals surface area contributed by atoms with E-state index in [1.54, 1.807) is 11.8 Å². The Balaban J connectivity index is 2.27. The highest BCUT2D eigenvalue weighted by atomic mass is 32.2. The second-order valence-electron chi connectivity index (χ2n) is 5.00. The quantitative estimate of drug-likeness (QED) is 0.675. The largest absolute Gasteiger partial charge is 0.456 e. The first-order valence-corrected chi connectivity index (χ1v) is 8.08. The molecule has 0 aliphatic heterocycles. The minimum Gasteiger partial charge on any atom is -0.456 e. The summed E-state index contributed by atoms with van der Waals surface area (Å²) < 4.78 is 5.89. The standard InChI is InChI=1S/C18H19NOS/c1-4-21-18-7-5-6-17(16(18)12-19)20-15-10-8-14(9-11-15)13(2)3/h5-11,13H,4H2,1-3H3. The maximum Gasteiger partial charge on any atom is 0.146 e. The van der Waals surface area contributed by atoms with Crippen LogP contribution in [0.5, 0.6) is 11.5 Å². The third kappa shape index (κ3) is 3.80. The highest BCUT2D eigenvalue weighted by Gasteiger charge is 2.10. The Kier molecular flexibility index (Phi) is 5.30. The monoisotopic (exact) mass is 297 g/mol. The van der Waals surface area contributed by atoms with E-state index < -0.39 is 0 Å². The first-order chi connectivity index (χ1) is 10.2. The first-order valence-electron chi connectivity index (χ1n) is 7.09. The molecule has 3 heteroatoms. The van der Waals surface area contributed by atoms with Crippen molar-refractivity contribution in [1.82, 2.24) is 0 Å². The Morgan fingerprint density at radius 1 is 1.14 bits per heavy atom. The molecule has 2 aromatic rings. The molecule has 0 fully saturated rings. The molecule has 0 unspecified atom stereocenters. The normalized spacial score (nSPS) is 10.4. The summed E-state index contributed by atoms with van der Waals surface area (Å²) in [5, 5.41) is 9.38. The van der Waals surface area contributed by atoms with Gasteiger partial charge in [0.25, 0.3) is 0 Å². The van der Waals surface area contributed by atoms with Crippen LogP contribution in [0.2, 0.25) is 0 Å². The van der Waals surface area contributed by atoms with Crippen molar-refractivity contribution in [1.29, 1.82) is 5.26 Å². The van der Waals surface area contributed by atoms with Crippen LogP contribution in [-0.2, 0) is 0 Å². The van der Waals surface area contributed by atoms with Crippen LogP contribution in [0.15, 0.2) is 47.4 Å². The highest BCUT2D eigenvalue weighted by Crippen LogP contribution is 2.32. The molecular weight excluding hydrogens is 278 g/mol. The molecule has 0 saturated carbocycles. The average molecular weight is 297 g/mol. The Bertz CT molecular complexity index is 641. The van der Waals surface area contributed by atoms with E-state index in [0.29, 0.717) is 17.2 Å². The number of benzene rings is 2. The van der Waals surface area contributed by atoms with E-state index in [-0.39, 0.29) is 0 Å². The highest BCUT2D eigenvalue weighted by molar-refractivity contribution is 7.99. The molecule has 108 valence electrons. The Labute approximate surface area is 130 Å². The van der Waals surface area contributed by atoms with Crippen molar-refractivity contribution >= 4 is 11.8 Å². The van der Waals surface area contributed by atoms with Gasteiger partial charge in [-0.15, -0.1) is 11.8 Å². The van der Waals surface area contributed by atoms with Crippen molar-refractivity contribution in [3.8, 4) is 17.6 Å². The lowest BCUT2D eigenvalue weighted by Gasteiger charge is -2.11. The molecule has 2 nitrogen and oxygen atoms in total. The topological polar surface area (TPSA) is 33.0 Å². The Morgan fingerprint density at radius 3 is 2.43 bits per heavy atom. The first kappa shape index (κ1) is 15.5. The number of nitrogens with zero attached hydrogens (tertiary/aromatic N) is 1. The molecule has 21 heavy (non-hydrogen) atoms. The molecule has 2 aromatic carbocycles. The van der Waals surface area contributed by atoms with Gasteiger partial charge in [-0.05, 0) is 41.5 Å². The van der Waals surface area contributed by atoms with Gasteiger partial charge in [0.05, 0.1) is 0 Å². The summed E-state index contributed by atoms with van der Waals surface area (Å²) in [6.07, 6.45) is 0. The zero-order valence-electron chi connectivity index (χ0n) is 12.6. The van der Waals surface area contributed by atoms with E-state index >= 15 is 0 Å². The molecule has 0 aliphatic rings. The van der Waals surface area contributed by atoms with Gasteiger partial charge < -0.3 is 4.74 Å². The summed E-state index contributed by atoms with van der Waals surface area (Å²) >= 11 is 1.66. The van der Waals surface area contributed by atoms with E-state index in [0.717, 1.165) is 16.4 Å². The van der Waals surface area contributed by atoms with Gasteiger partial charge in [-0.1, -0.05) is 39.0 Å². The zero-order valence-corrected chi connectivity index (χ0v) is 13.4. The number of hydrogen-bond donors (Lipinski definition) is 0. The third-order valence-corrected chi connectivity index (χ3v) is 4.11. The van der Waals surface area contributed by atoms with Crippen LogP contribution in [0, 0.1) is 11.3 Å².